The van der Waals surface area contributed by atoms with Crippen LogP contribution in [0.3, 0.4) is 0 Å². The predicted molar refractivity (Wildman–Crippen MR) is 321 cm³/mol. The number of benzene rings is 9. The fraction of sp³-hybridized carbons (Fsp3) is 0.229. The van der Waals surface area contributed by atoms with Crippen molar-refractivity contribution in [2.75, 3.05) is 14.7 Å². The zero-order valence-electron chi connectivity index (χ0n) is 44.9. The van der Waals surface area contributed by atoms with Gasteiger partial charge in [0, 0.05) is 61.1 Å². The topological polar surface area (TPSA) is 36.0 Å². The van der Waals surface area contributed by atoms with Crippen LogP contribution in [0.4, 0.5) is 45.5 Å². The molecule has 0 N–H and O–H groups in total. The summed E-state index contributed by atoms with van der Waals surface area (Å²) in [4.78, 5) is 7.95. The Hall–Kier alpha value is -7.96. The zero-order valence-corrected chi connectivity index (χ0v) is 44.9. The molecule has 372 valence electrons. The Morgan fingerprint density at radius 2 is 0.947 bits per heavy atom. The second-order valence-electron chi connectivity index (χ2n) is 24.8. The summed E-state index contributed by atoms with van der Waals surface area (Å²) in [7, 11) is 0. The SMILES string of the molecule is CC(C)(C)c1ccc2c(c1)N(c1cccc3c1oc1ccccc13)c1cc(N3c4ccc(-c5ccccc5)cc4C4(C)CCCCC34C)cc3c1B2c1ccc(C(C)(C)C)cc1N3c1cccc2c1oc1ccccc12. The molecule has 0 bridgehead atoms. The fourth-order valence-electron chi connectivity index (χ4n) is 14.3. The van der Waals surface area contributed by atoms with E-state index >= 15 is 0 Å². The molecule has 15 rings (SSSR count). The average molecular weight is 988 g/mol. The average Bonchev–Trinajstić information content (AvgIpc) is 4.20. The van der Waals surface area contributed by atoms with Crippen LogP contribution in [0.1, 0.15) is 97.8 Å². The highest BCUT2D eigenvalue weighted by Crippen LogP contribution is 2.62. The summed E-state index contributed by atoms with van der Waals surface area (Å²) < 4.78 is 14.2. The van der Waals surface area contributed by atoms with Gasteiger partial charge in [0.15, 0.2) is 11.2 Å². The van der Waals surface area contributed by atoms with Gasteiger partial charge in [-0.1, -0.05) is 183 Å². The lowest BCUT2D eigenvalue weighted by Gasteiger charge is -2.51. The van der Waals surface area contributed by atoms with E-state index in [0.29, 0.717) is 0 Å². The molecular weight excluding hydrogens is 926 g/mol. The zero-order chi connectivity index (χ0) is 51.6. The van der Waals surface area contributed by atoms with E-state index in [0.717, 1.165) is 79.5 Å². The summed E-state index contributed by atoms with van der Waals surface area (Å²) in [6, 6.07) is 68.5. The first-order chi connectivity index (χ1) is 36.7. The van der Waals surface area contributed by atoms with Gasteiger partial charge in [0.1, 0.15) is 11.2 Å². The Bertz CT molecular complexity index is 4020. The Kier molecular flexibility index (Phi) is 9.45. The van der Waals surface area contributed by atoms with Gasteiger partial charge in [0.25, 0.3) is 6.71 Å². The second-order valence-corrected chi connectivity index (χ2v) is 24.8. The lowest BCUT2D eigenvalue weighted by Crippen LogP contribution is -2.61. The third-order valence-corrected chi connectivity index (χ3v) is 18.5. The van der Waals surface area contributed by atoms with Gasteiger partial charge in [-0.15, -0.1) is 0 Å². The lowest BCUT2D eigenvalue weighted by atomic mass is 9.33. The fourth-order valence-corrected chi connectivity index (χ4v) is 14.3. The van der Waals surface area contributed by atoms with Crippen LogP contribution in [0.2, 0.25) is 0 Å². The summed E-state index contributed by atoms with van der Waals surface area (Å²) >= 11 is 0. The van der Waals surface area contributed by atoms with Gasteiger partial charge in [0.05, 0.1) is 16.9 Å². The minimum Gasteiger partial charge on any atom is -0.454 e. The molecule has 76 heavy (non-hydrogen) atoms. The lowest BCUT2D eigenvalue weighted by molar-refractivity contribution is 0.195. The molecule has 2 atom stereocenters. The number of furan rings is 2. The molecule has 1 aliphatic carbocycles. The smallest absolute Gasteiger partial charge is 0.252 e. The number of hydrogen-bond donors (Lipinski definition) is 0. The van der Waals surface area contributed by atoms with Crippen LogP contribution in [0.15, 0.2) is 191 Å². The minimum atomic E-state index is -0.228. The summed E-state index contributed by atoms with van der Waals surface area (Å²) in [6.45, 7) is 19.1. The van der Waals surface area contributed by atoms with Gasteiger partial charge in [-0.25, -0.2) is 0 Å². The molecule has 3 aliphatic heterocycles. The summed E-state index contributed by atoms with van der Waals surface area (Å²) in [5.74, 6) is 0. The van der Waals surface area contributed by atoms with Crippen LogP contribution in [-0.2, 0) is 16.2 Å². The van der Waals surface area contributed by atoms with Crippen molar-refractivity contribution in [3.8, 4) is 11.1 Å². The van der Waals surface area contributed by atoms with Gasteiger partial charge < -0.3 is 23.5 Å². The molecule has 0 radical (unpaired) electrons. The van der Waals surface area contributed by atoms with E-state index in [4.69, 9.17) is 8.83 Å². The van der Waals surface area contributed by atoms with E-state index in [2.05, 4.69) is 252 Å². The summed E-state index contributed by atoms with van der Waals surface area (Å²) in [6.07, 6.45) is 4.58. The number of hydrogen-bond acceptors (Lipinski definition) is 5. The van der Waals surface area contributed by atoms with E-state index in [9.17, 15) is 0 Å². The monoisotopic (exact) mass is 987 g/mol. The molecule has 0 spiro atoms. The van der Waals surface area contributed by atoms with Crippen molar-refractivity contribution in [2.24, 2.45) is 0 Å². The molecule has 0 saturated heterocycles. The van der Waals surface area contributed by atoms with Gasteiger partial charge in [-0.3, -0.25) is 0 Å². The molecule has 2 aromatic heterocycles. The Labute approximate surface area is 446 Å². The predicted octanol–water partition coefficient (Wildman–Crippen LogP) is 17.6. The van der Waals surface area contributed by atoms with E-state index in [-0.39, 0.29) is 28.5 Å². The Balaban J connectivity index is 1.10. The van der Waals surface area contributed by atoms with Crippen molar-refractivity contribution < 1.29 is 8.83 Å². The molecule has 1 saturated carbocycles. The minimum absolute atomic E-state index is 0.0841. The van der Waals surface area contributed by atoms with Crippen LogP contribution in [0, 0.1) is 0 Å². The number of fused-ring (bicyclic) bond motifs is 13. The largest absolute Gasteiger partial charge is 0.454 e. The first kappa shape index (κ1) is 45.4. The van der Waals surface area contributed by atoms with E-state index < -0.39 is 0 Å². The quantitative estimate of drug-likeness (QED) is 0.164. The third-order valence-electron chi connectivity index (χ3n) is 18.5. The Morgan fingerprint density at radius 1 is 0.434 bits per heavy atom. The number of para-hydroxylation sites is 4. The first-order valence-electron chi connectivity index (χ1n) is 27.6. The molecule has 1 fully saturated rings. The normalized spacial score (nSPS) is 18.8. The van der Waals surface area contributed by atoms with E-state index in [1.54, 1.807) is 0 Å². The molecular formula is C70H62BN3O2. The van der Waals surface area contributed by atoms with Crippen molar-refractivity contribution in [3.63, 3.8) is 0 Å². The van der Waals surface area contributed by atoms with E-state index in [1.165, 1.54) is 79.8 Å². The maximum absolute atomic E-state index is 7.08. The third kappa shape index (κ3) is 6.27. The maximum Gasteiger partial charge on any atom is 0.252 e. The van der Waals surface area contributed by atoms with Crippen molar-refractivity contribution in [3.05, 3.63) is 199 Å². The molecule has 2 unspecified atom stereocenters. The molecule has 0 amide bonds. The number of nitrogens with zero attached hydrogens (tertiary/aromatic N) is 3. The van der Waals surface area contributed by atoms with Gasteiger partial charge >= 0.3 is 0 Å². The summed E-state index contributed by atoms with van der Waals surface area (Å²) in [5.41, 5.74) is 22.6. The highest BCUT2D eigenvalue weighted by Gasteiger charge is 2.58. The van der Waals surface area contributed by atoms with Crippen LogP contribution in [0.25, 0.3) is 55.0 Å². The standard InChI is InChI=1S/C70H62BN3O2/c1-67(2,3)45-31-33-53-58(39-45)72(56-26-18-24-50-48-22-12-14-28-62(48)75-65(50)56)60-41-47(74-55-35-30-44(43-20-10-9-11-21-43)38-52(55)69(7)36-16-17-37-70(69,74)8)42-61-64(60)71(53)54-34-32-46(68(4,5)6)40-59(54)73(61)57-27-19-25-51-49-23-13-15-29-63(49)76-66(51)57/h9-15,18-35,38-42H,16-17,36-37H2,1-8H3. The van der Waals surface area contributed by atoms with Crippen molar-refractivity contribution >= 4 is 112 Å². The van der Waals surface area contributed by atoms with E-state index in [1.807, 2.05) is 0 Å². The molecule has 5 nitrogen and oxygen atoms in total. The number of anilines is 8. The van der Waals surface area contributed by atoms with Gasteiger partial charge in [-0.05, 0) is 135 Å². The van der Waals surface area contributed by atoms with Gasteiger partial charge in [-0.2, -0.15) is 0 Å². The summed E-state index contributed by atoms with van der Waals surface area (Å²) in [5, 5.41) is 4.46. The van der Waals surface area contributed by atoms with Crippen LogP contribution < -0.4 is 31.1 Å². The Morgan fingerprint density at radius 3 is 1.50 bits per heavy atom. The van der Waals surface area contributed by atoms with Crippen LogP contribution in [-0.4, -0.2) is 12.3 Å². The molecule has 9 aromatic carbocycles. The molecule has 5 heterocycles. The van der Waals surface area contributed by atoms with Gasteiger partial charge in [0.2, 0.25) is 0 Å². The van der Waals surface area contributed by atoms with Crippen molar-refractivity contribution in [1.29, 1.82) is 0 Å². The highest BCUT2D eigenvalue weighted by atomic mass is 16.3. The highest BCUT2D eigenvalue weighted by molar-refractivity contribution is 7.00. The van der Waals surface area contributed by atoms with Crippen LogP contribution in [0.5, 0.6) is 0 Å². The molecule has 4 aliphatic rings. The van der Waals surface area contributed by atoms with Crippen LogP contribution >= 0.6 is 0 Å². The molecule has 11 aromatic rings. The van der Waals surface area contributed by atoms with Crippen molar-refractivity contribution in [2.45, 2.75) is 103 Å². The van der Waals surface area contributed by atoms with Crippen molar-refractivity contribution in [1.82, 2.24) is 0 Å². The number of rotatable bonds is 4. The second kappa shape index (κ2) is 15.8. The maximum atomic E-state index is 7.08. The molecule has 6 heteroatoms. The first-order valence-corrected chi connectivity index (χ1v) is 27.6.